The highest BCUT2D eigenvalue weighted by Crippen LogP contribution is 2.21. The van der Waals surface area contributed by atoms with Crippen molar-refractivity contribution in [3.8, 4) is 11.5 Å². The first kappa shape index (κ1) is 18.7. The maximum absolute atomic E-state index is 9.90. The van der Waals surface area contributed by atoms with Gasteiger partial charge in [-0.15, -0.1) is 0 Å². The standard InChI is InChI=1S/C20H24O6/c1-24-15-8-4-13(5-9-15)2-3-14-6-10-16(11-7-14)26-20-19(23)18(22)17(21)12-25-20/h4-11,17-23H,2-3,12H2,1H3/t17-,18-,19+,20+/m0/s1. The molecule has 3 rings (SSSR count). The van der Waals surface area contributed by atoms with Crippen LogP contribution in [0, 0.1) is 0 Å². The van der Waals surface area contributed by atoms with Crippen LogP contribution in [0.15, 0.2) is 48.5 Å². The SMILES string of the molecule is COc1ccc(CCc2ccc(O[C@H]3OC[C@H](O)[C@H](O)[C@H]3O)cc2)cc1. The van der Waals surface area contributed by atoms with Gasteiger partial charge in [-0.3, -0.25) is 0 Å². The number of aliphatic hydroxyl groups is 3. The monoisotopic (exact) mass is 360 g/mol. The third kappa shape index (κ3) is 4.53. The Kier molecular flexibility index (Phi) is 6.11. The Morgan fingerprint density at radius 1 is 0.846 bits per heavy atom. The fourth-order valence-corrected chi connectivity index (χ4v) is 2.83. The summed E-state index contributed by atoms with van der Waals surface area (Å²) in [7, 11) is 1.65. The highest BCUT2D eigenvalue weighted by molar-refractivity contribution is 5.30. The van der Waals surface area contributed by atoms with Crippen LogP contribution in [-0.4, -0.2) is 53.6 Å². The molecule has 0 spiro atoms. The molecule has 1 saturated heterocycles. The molecule has 4 atom stereocenters. The Labute approximate surface area is 152 Å². The zero-order valence-electron chi connectivity index (χ0n) is 14.6. The van der Waals surface area contributed by atoms with Crippen molar-refractivity contribution < 1.29 is 29.5 Å². The molecule has 1 aliphatic rings. The van der Waals surface area contributed by atoms with Crippen LogP contribution in [0.4, 0.5) is 0 Å². The van der Waals surface area contributed by atoms with Gasteiger partial charge in [0.25, 0.3) is 0 Å². The molecule has 140 valence electrons. The molecule has 0 aromatic heterocycles. The van der Waals surface area contributed by atoms with Crippen molar-refractivity contribution in [2.45, 2.75) is 37.4 Å². The van der Waals surface area contributed by atoms with E-state index in [9.17, 15) is 15.3 Å². The molecule has 1 heterocycles. The number of ether oxygens (including phenoxy) is 3. The van der Waals surface area contributed by atoms with Gasteiger partial charge in [0, 0.05) is 0 Å². The van der Waals surface area contributed by atoms with E-state index in [-0.39, 0.29) is 6.61 Å². The van der Waals surface area contributed by atoms with E-state index in [0.717, 1.165) is 24.2 Å². The predicted octanol–water partition coefficient (Wildman–Crippen LogP) is 1.30. The lowest BCUT2D eigenvalue weighted by Gasteiger charge is -2.34. The first-order valence-electron chi connectivity index (χ1n) is 8.61. The Bertz CT molecular complexity index is 684. The third-order valence-corrected chi connectivity index (χ3v) is 4.49. The van der Waals surface area contributed by atoms with Gasteiger partial charge in [0.05, 0.1) is 13.7 Å². The van der Waals surface area contributed by atoms with Crippen LogP contribution in [-0.2, 0) is 17.6 Å². The Hall–Kier alpha value is -2.12. The molecule has 6 heteroatoms. The van der Waals surface area contributed by atoms with Gasteiger partial charge in [-0.2, -0.15) is 0 Å². The quantitative estimate of drug-likeness (QED) is 0.720. The summed E-state index contributed by atoms with van der Waals surface area (Å²) < 4.78 is 16.0. The highest BCUT2D eigenvalue weighted by Gasteiger charge is 2.38. The maximum Gasteiger partial charge on any atom is 0.228 e. The van der Waals surface area contributed by atoms with E-state index in [1.807, 2.05) is 24.3 Å². The molecule has 6 nitrogen and oxygen atoms in total. The van der Waals surface area contributed by atoms with E-state index in [1.54, 1.807) is 19.2 Å². The largest absolute Gasteiger partial charge is 0.497 e. The van der Waals surface area contributed by atoms with Gasteiger partial charge in [-0.1, -0.05) is 24.3 Å². The molecule has 0 radical (unpaired) electrons. The van der Waals surface area contributed by atoms with Crippen LogP contribution in [0.3, 0.4) is 0 Å². The number of hydrogen-bond acceptors (Lipinski definition) is 6. The van der Waals surface area contributed by atoms with E-state index in [2.05, 4.69) is 12.1 Å². The van der Waals surface area contributed by atoms with Gasteiger partial charge in [0.1, 0.15) is 29.8 Å². The normalized spacial score (nSPS) is 25.7. The summed E-state index contributed by atoms with van der Waals surface area (Å²) >= 11 is 0. The lowest BCUT2D eigenvalue weighted by molar-refractivity contribution is -0.242. The summed E-state index contributed by atoms with van der Waals surface area (Å²) in [4.78, 5) is 0. The fourth-order valence-electron chi connectivity index (χ4n) is 2.83. The first-order chi connectivity index (χ1) is 12.6. The topological polar surface area (TPSA) is 88.4 Å². The van der Waals surface area contributed by atoms with Crippen molar-refractivity contribution in [1.82, 2.24) is 0 Å². The molecule has 26 heavy (non-hydrogen) atoms. The van der Waals surface area contributed by atoms with Crippen LogP contribution in [0.25, 0.3) is 0 Å². The number of benzene rings is 2. The van der Waals surface area contributed by atoms with Gasteiger partial charge in [0.2, 0.25) is 6.29 Å². The summed E-state index contributed by atoms with van der Waals surface area (Å²) in [5.74, 6) is 1.38. The summed E-state index contributed by atoms with van der Waals surface area (Å²) in [6.07, 6.45) is -2.88. The van der Waals surface area contributed by atoms with Crippen LogP contribution in [0.1, 0.15) is 11.1 Å². The minimum atomic E-state index is -1.30. The van der Waals surface area contributed by atoms with E-state index in [4.69, 9.17) is 14.2 Å². The van der Waals surface area contributed by atoms with Gasteiger partial charge >= 0.3 is 0 Å². The molecule has 0 amide bonds. The van der Waals surface area contributed by atoms with Gasteiger partial charge in [-0.05, 0) is 48.2 Å². The molecule has 0 bridgehead atoms. The van der Waals surface area contributed by atoms with E-state index in [0.29, 0.717) is 5.75 Å². The Balaban J connectivity index is 1.53. The lowest BCUT2D eigenvalue weighted by Crippen LogP contribution is -2.54. The Morgan fingerprint density at radius 2 is 1.38 bits per heavy atom. The number of aryl methyl sites for hydroxylation is 2. The maximum atomic E-state index is 9.90. The molecule has 2 aromatic carbocycles. The van der Waals surface area contributed by atoms with Gasteiger partial charge in [-0.25, -0.2) is 0 Å². The van der Waals surface area contributed by atoms with Crippen LogP contribution >= 0.6 is 0 Å². The van der Waals surface area contributed by atoms with Crippen molar-refractivity contribution >= 4 is 0 Å². The molecule has 2 aromatic rings. The van der Waals surface area contributed by atoms with Crippen molar-refractivity contribution in [3.05, 3.63) is 59.7 Å². The predicted molar refractivity (Wildman–Crippen MR) is 95.2 cm³/mol. The zero-order valence-corrected chi connectivity index (χ0v) is 14.6. The third-order valence-electron chi connectivity index (χ3n) is 4.49. The molecule has 0 saturated carbocycles. The second-order valence-corrected chi connectivity index (χ2v) is 6.36. The molecular formula is C20H24O6. The Morgan fingerprint density at radius 3 is 1.92 bits per heavy atom. The number of aliphatic hydroxyl groups excluding tert-OH is 3. The average Bonchev–Trinajstić information content (AvgIpc) is 2.68. The summed E-state index contributed by atoms with van der Waals surface area (Å²) in [5, 5.41) is 29.0. The molecule has 0 unspecified atom stereocenters. The second kappa shape index (κ2) is 8.51. The summed E-state index contributed by atoms with van der Waals surface area (Å²) in [6, 6.07) is 15.5. The van der Waals surface area contributed by atoms with Crippen molar-refractivity contribution in [2.24, 2.45) is 0 Å². The van der Waals surface area contributed by atoms with E-state index < -0.39 is 24.6 Å². The zero-order chi connectivity index (χ0) is 18.5. The minimum absolute atomic E-state index is 0.0805. The van der Waals surface area contributed by atoms with Gasteiger partial charge < -0.3 is 29.5 Å². The molecular weight excluding hydrogens is 336 g/mol. The number of methoxy groups -OCH3 is 1. The second-order valence-electron chi connectivity index (χ2n) is 6.36. The van der Waals surface area contributed by atoms with E-state index in [1.165, 1.54) is 5.56 Å². The van der Waals surface area contributed by atoms with Crippen LogP contribution < -0.4 is 9.47 Å². The first-order valence-corrected chi connectivity index (χ1v) is 8.61. The minimum Gasteiger partial charge on any atom is -0.497 e. The van der Waals surface area contributed by atoms with Crippen molar-refractivity contribution in [1.29, 1.82) is 0 Å². The number of rotatable bonds is 6. The average molecular weight is 360 g/mol. The van der Waals surface area contributed by atoms with Crippen molar-refractivity contribution in [3.63, 3.8) is 0 Å². The molecule has 0 aliphatic carbocycles. The summed E-state index contributed by atoms with van der Waals surface area (Å²) in [5.41, 5.74) is 2.39. The molecule has 1 aliphatic heterocycles. The number of hydrogen-bond donors (Lipinski definition) is 3. The van der Waals surface area contributed by atoms with Crippen LogP contribution in [0.2, 0.25) is 0 Å². The lowest BCUT2D eigenvalue weighted by atomic mass is 10.0. The van der Waals surface area contributed by atoms with Crippen molar-refractivity contribution in [2.75, 3.05) is 13.7 Å². The van der Waals surface area contributed by atoms with E-state index >= 15 is 0 Å². The molecule has 3 N–H and O–H groups in total. The molecule has 1 fully saturated rings. The van der Waals surface area contributed by atoms with Crippen LogP contribution in [0.5, 0.6) is 11.5 Å². The van der Waals surface area contributed by atoms with Gasteiger partial charge in [0.15, 0.2) is 0 Å². The smallest absolute Gasteiger partial charge is 0.228 e. The highest BCUT2D eigenvalue weighted by atomic mass is 16.7. The fraction of sp³-hybridized carbons (Fsp3) is 0.400. The summed E-state index contributed by atoms with van der Waals surface area (Å²) in [6.45, 7) is -0.0805.